The van der Waals surface area contributed by atoms with Gasteiger partial charge in [-0.25, -0.2) is 0 Å². The predicted octanol–water partition coefficient (Wildman–Crippen LogP) is 2.92. The van der Waals surface area contributed by atoms with Crippen LogP contribution >= 0.6 is 11.8 Å². The van der Waals surface area contributed by atoms with Gasteiger partial charge in [-0.1, -0.05) is 18.7 Å². The van der Waals surface area contributed by atoms with Crippen molar-refractivity contribution in [3.8, 4) is 0 Å². The standard InChI is InChI=1S/C15H24N4OS/c1-10-6-8-18(9-7-10)14-16-17-15(19(14)13-4-5-13)21-12(3)11(2)20/h10,12-13H,4-9H2,1-3H3. The maximum atomic E-state index is 11.5. The molecule has 5 nitrogen and oxygen atoms in total. The number of hydrogen-bond acceptors (Lipinski definition) is 5. The summed E-state index contributed by atoms with van der Waals surface area (Å²) in [6.07, 6.45) is 4.86. The molecule has 2 aliphatic rings. The highest BCUT2D eigenvalue weighted by Crippen LogP contribution is 2.42. The first kappa shape index (κ1) is 14.9. The van der Waals surface area contributed by atoms with E-state index in [-0.39, 0.29) is 11.0 Å². The fourth-order valence-corrected chi connectivity index (χ4v) is 3.58. The summed E-state index contributed by atoms with van der Waals surface area (Å²) < 4.78 is 2.28. The van der Waals surface area contributed by atoms with Crippen molar-refractivity contribution in [3.05, 3.63) is 0 Å². The average molecular weight is 308 g/mol. The zero-order valence-electron chi connectivity index (χ0n) is 13.1. The first-order valence-electron chi connectivity index (χ1n) is 7.93. The van der Waals surface area contributed by atoms with Crippen LogP contribution in [0.3, 0.4) is 0 Å². The lowest BCUT2D eigenvalue weighted by molar-refractivity contribution is -0.116. The third-order valence-electron chi connectivity index (χ3n) is 4.48. The molecular weight excluding hydrogens is 284 g/mol. The Morgan fingerprint density at radius 1 is 1.24 bits per heavy atom. The van der Waals surface area contributed by atoms with Gasteiger partial charge >= 0.3 is 0 Å². The minimum atomic E-state index is -0.0547. The molecule has 1 saturated heterocycles. The molecule has 1 aliphatic heterocycles. The Hall–Kier alpha value is -1.04. The lowest BCUT2D eigenvalue weighted by atomic mass is 10.00. The van der Waals surface area contributed by atoms with Gasteiger partial charge in [-0.15, -0.1) is 10.2 Å². The highest BCUT2D eigenvalue weighted by atomic mass is 32.2. The Kier molecular flexibility index (Phi) is 4.24. The molecule has 1 atom stereocenters. The maximum absolute atomic E-state index is 11.5. The molecule has 0 spiro atoms. The second kappa shape index (κ2) is 5.99. The number of hydrogen-bond donors (Lipinski definition) is 0. The number of aromatic nitrogens is 3. The Bertz CT molecular complexity index is 518. The molecule has 1 aliphatic carbocycles. The molecule has 1 saturated carbocycles. The summed E-state index contributed by atoms with van der Waals surface area (Å²) in [5.74, 6) is 2.02. The van der Waals surface area contributed by atoms with Gasteiger partial charge in [0.2, 0.25) is 5.95 Å². The van der Waals surface area contributed by atoms with Crippen LogP contribution < -0.4 is 4.90 Å². The van der Waals surface area contributed by atoms with Crippen molar-refractivity contribution < 1.29 is 4.79 Å². The van der Waals surface area contributed by atoms with Crippen LogP contribution in [-0.2, 0) is 4.79 Å². The number of Topliss-reactive ketones (excluding diaryl/α,β-unsaturated/α-hetero) is 1. The van der Waals surface area contributed by atoms with E-state index in [0.29, 0.717) is 6.04 Å². The molecule has 3 rings (SSSR count). The fourth-order valence-electron chi connectivity index (χ4n) is 2.67. The first-order valence-corrected chi connectivity index (χ1v) is 8.81. The molecule has 2 fully saturated rings. The number of ketones is 1. The topological polar surface area (TPSA) is 51.0 Å². The Morgan fingerprint density at radius 2 is 1.90 bits per heavy atom. The van der Waals surface area contributed by atoms with Crippen LogP contribution in [-0.4, -0.2) is 38.9 Å². The van der Waals surface area contributed by atoms with Crippen LogP contribution in [0.15, 0.2) is 5.16 Å². The van der Waals surface area contributed by atoms with Gasteiger partial charge in [0, 0.05) is 19.1 Å². The summed E-state index contributed by atoms with van der Waals surface area (Å²) in [6, 6.07) is 0.538. The molecule has 1 aromatic heterocycles. The van der Waals surface area contributed by atoms with Crippen molar-refractivity contribution in [1.29, 1.82) is 0 Å². The zero-order valence-corrected chi connectivity index (χ0v) is 13.9. The van der Waals surface area contributed by atoms with Crippen LogP contribution in [0.25, 0.3) is 0 Å². The van der Waals surface area contributed by atoms with Crippen LogP contribution in [0.2, 0.25) is 0 Å². The zero-order chi connectivity index (χ0) is 15.0. The van der Waals surface area contributed by atoms with Crippen molar-refractivity contribution in [3.63, 3.8) is 0 Å². The molecule has 0 aromatic carbocycles. The Morgan fingerprint density at radius 3 is 2.48 bits per heavy atom. The van der Waals surface area contributed by atoms with Gasteiger partial charge in [0.05, 0.1) is 5.25 Å². The molecule has 1 unspecified atom stereocenters. The van der Waals surface area contributed by atoms with Gasteiger partial charge < -0.3 is 4.90 Å². The fraction of sp³-hybridized carbons (Fsp3) is 0.800. The largest absolute Gasteiger partial charge is 0.341 e. The number of rotatable bonds is 5. The van der Waals surface area contributed by atoms with Crippen molar-refractivity contribution in [2.24, 2.45) is 5.92 Å². The number of carbonyl (C=O) groups is 1. The second-order valence-electron chi connectivity index (χ2n) is 6.42. The third kappa shape index (κ3) is 3.25. The predicted molar refractivity (Wildman–Crippen MR) is 84.9 cm³/mol. The molecule has 0 N–H and O–H groups in total. The van der Waals surface area contributed by atoms with Crippen molar-refractivity contribution in [2.75, 3.05) is 18.0 Å². The van der Waals surface area contributed by atoms with E-state index in [2.05, 4.69) is 26.6 Å². The summed E-state index contributed by atoms with van der Waals surface area (Å²) in [6.45, 7) is 8.04. The minimum Gasteiger partial charge on any atom is -0.341 e. The van der Waals surface area contributed by atoms with Gasteiger partial charge in [-0.05, 0) is 45.4 Å². The lowest BCUT2D eigenvalue weighted by Gasteiger charge is -2.31. The van der Waals surface area contributed by atoms with Crippen molar-refractivity contribution in [2.45, 2.75) is 62.9 Å². The number of thioether (sulfide) groups is 1. The third-order valence-corrected chi connectivity index (χ3v) is 5.65. The quantitative estimate of drug-likeness (QED) is 0.783. The molecule has 0 bridgehead atoms. The Labute approximate surface area is 130 Å². The highest BCUT2D eigenvalue weighted by Gasteiger charge is 2.33. The summed E-state index contributed by atoms with van der Waals surface area (Å²) in [4.78, 5) is 13.9. The van der Waals surface area contributed by atoms with Crippen LogP contribution in [0.5, 0.6) is 0 Å². The highest BCUT2D eigenvalue weighted by molar-refractivity contribution is 8.00. The molecule has 0 radical (unpaired) electrons. The number of anilines is 1. The van der Waals surface area contributed by atoms with Gasteiger partial charge in [0.25, 0.3) is 0 Å². The van der Waals surface area contributed by atoms with E-state index in [1.54, 1.807) is 18.7 Å². The monoisotopic (exact) mass is 308 g/mol. The Balaban J connectivity index is 1.81. The van der Waals surface area contributed by atoms with Crippen molar-refractivity contribution >= 4 is 23.5 Å². The van der Waals surface area contributed by atoms with E-state index in [0.717, 1.165) is 30.1 Å². The molecule has 1 aromatic rings. The lowest BCUT2D eigenvalue weighted by Crippen LogP contribution is -2.34. The molecule has 2 heterocycles. The number of piperidine rings is 1. The maximum Gasteiger partial charge on any atom is 0.228 e. The van der Waals surface area contributed by atoms with Crippen LogP contribution in [0.1, 0.15) is 52.5 Å². The van der Waals surface area contributed by atoms with E-state index in [4.69, 9.17) is 0 Å². The minimum absolute atomic E-state index is 0.0547. The summed E-state index contributed by atoms with van der Waals surface area (Å²) in [5, 5.41) is 9.68. The van der Waals surface area contributed by atoms with E-state index < -0.39 is 0 Å². The summed E-state index contributed by atoms with van der Waals surface area (Å²) >= 11 is 1.55. The van der Waals surface area contributed by atoms with Crippen LogP contribution in [0.4, 0.5) is 5.95 Å². The van der Waals surface area contributed by atoms with Crippen molar-refractivity contribution in [1.82, 2.24) is 14.8 Å². The molecule has 0 amide bonds. The molecular formula is C15H24N4OS. The number of carbonyl (C=O) groups excluding carboxylic acids is 1. The average Bonchev–Trinajstić information content (AvgIpc) is 3.21. The van der Waals surface area contributed by atoms with Gasteiger partial charge in [-0.2, -0.15) is 0 Å². The smallest absolute Gasteiger partial charge is 0.228 e. The first-order chi connectivity index (χ1) is 10.1. The summed E-state index contributed by atoms with van der Waals surface area (Å²) in [7, 11) is 0. The van der Waals surface area contributed by atoms with E-state index in [9.17, 15) is 4.79 Å². The van der Waals surface area contributed by atoms with Gasteiger partial charge in [0.15, 0.2) is 5.16 Å². The van der Waals surface area contributed by atoms with Crippen LogP contribution in [0, 0.1) is 5.92 Å². The van der Waals surface area contributed by atoms with E-state index >= 15 is 0 Å². The van der Waals surface area contributed by atoms with Gasteiger partial charge in [0.1, 0.15) is 5.78 Å². The van der Waals surface area contributed by atoms with E-state index in [1.807, 2.05) is 6.92 Å². The second-order valence-corrected chi connectivity index (χ2v) is 7.73. The molecule has 21 heavy (non-hydrogen) atoms. The van der Waals surface area contributed by atoms with Gasteiger partial charge in [-0.3, -0.25) is 9.36 Å². The van der Waals surface area contributed by atoms with E-state index in [1.165, 1.54) is 25.7 Å². The molecule has 6 heteroatoms. The SMILES string of the molecule is CC(=O)C(C)Sc1nnc(N2CCC(C)CC2)n1C1CC1. The number of nitrogens with zero attached hydrogens (tertiary/aromatic N) is 4. The normalized spacial score (nSPS) is 21.6. The summed E-state index contributed by atoms with van der Waals surface area (Å²) in [5.41, 5.74) is 0. The molecule has 116 valence electrons.